The highest BCUT2D eigenvalue weighted by molar-refractivity contribution is 6.05. The summed E-state index contributed by atoms with van der Waals surface area (Å²) in [4.78, 5) is 31.4. The van der Waals surface area contributed by atoms with Crippen molar-refractivity contribution in [1.29, 1.82) is 0 Å². The van der Waals surface area contributed by atoms with Crippen LogP contribution in [0.15, 0.2) is 28.9 Å². The van der Waals surface area contributed by atoms with Gasteiger partial charge in [0.25, 0.3) is 5.91 Å². The fraction of sp³-hybridized carbons (Fsp3) is 0.409. The molecule has 1 aromatic carbocycles. The van der Waals surface area contributed by atoms with Crippen LogP contribution in [0, 0.1) is 13.8 Å². The van der Waals surface area contributed by atoms with Gasteiger partial charge in [-0.2, -0.15) is 10.1 Å². The molecule has 0 bridgehead atoms. The van der Waals surface area contributed by atoms with E-state index in [9.17, 15) is 9.59 Å². The molecule has 0 radical (unpaired) electrons. The fourth-order valence-electron chi connectivity index (χ4n) is 3.42. The minimum Gasteiger partial charge on any atom is -0.444 e. The van der Waals surface area contributed by atoms with Crippen LogP contribution >= 0.6 is 0 Å². The van der Waals surface area contributed by atoms with Crippen molar-refractivity contribution in [3.63, 3.8) is 0 Å². The van der Waals surface area contributed by atoms with Gasteiger partial charge in [-0.05, 0) is 39.3 Å². The molecule has 1 aliphatic heterocycles. The second-order valence-corrected chi connectivity index (χ2v) is 8.75. The summed E-state index contributed by atoms with van der Waals surface area (Å²) in [5.41, 5.74) is 2.75. The number of nitrogens with one attached hydrogen (secondary N) is 1. The van der Waals surface area contributed by atoms with Gasteiger partial charge in [0.05, 0.1) is 30.5 Å². The zero-order valence-corrected chi connectivity index (χ0v) is 18.8. The molecule has 0 saturated heterocycles. The van der Waals surface area contributed by atoms with Crippen LogP contribution in [-0.2, 0) is 17.8 Å². The Bertz CT molecular complexity index is 1170. The van der Waals surface area contributed by atoms with Crippen molar-refractivity contribution in [2.24, 2.45) is 0 Å². The molecule has 2 amide bonds. The topological polar surface area (TPSA) is 115 Å². The van der Waals surface area contributed by atoms with Crippen molar-refractivity contribution >= 4 is 17.7 Å². The Labute approximate surface area is 185 Å². The van der Waals surface area contributed by atoms with Gasteiger partial charge in [0.15, 0.2) is 0 Å². The maximum Gasteiger partial charge on any atom is 0.410 e. The summed E-state index contributed by atoms with van der Waals surface area (Å²) in [6, 6.07) is 5.56. The molecule has 10 nitrogen and oxygen atoms in total. The summed E-state index contributed by atoms with van der Waals surface area (Å²) >= 11 is 0. The summed E-state index contributed by atoms with van der Waals surface area (Å²) < 4.78 is 12.3. The second kappa shape index (κ2) is 8.10. The largest absolute Gasteiger partial charge is 0.444 e. The molecule has 32 heavy (non-hydrogen) atoms. The normalized spacial score (nSPS) is 13.6. The van der Waals surface area contributed by atoms with Gasteiger partial charge in [-0.3, -0.25) is 9.48 Å². The number of carbonyl (C=O) groups excluding carboxylic acids is 2. The number of rotatable bonds is 3. The van der Waals surface area contributed by atoms with E-state index in [0.29, 0.717) is 41.7 Å². The first-order valence-electron chi connectivity index (χ1n) is 10.4. The first kappa shape index (κ1) is 21.5. The lowest BCUT2D eigenvalue weighted by Gasteiger charge is -2.30. The van der Waals surface area contributed by atoms with Gasteiger partial charge in [-0.1, -0.05) is 17.3 Å². The number of ether oxygens (including phenoxy) is 1. The van der Waals surface area contributed by atoms with E-state index in [1.165, 1.54) is 6.20 Å². The Morgan fingerprint density at radius 3 is 2.66 bits per heavy atom. The van der Waals surface area contributed by atoms with Crippen molar-refractivity contribution in [3.05, 3.63) is 47.1 Å². The Kier molecular flexibility index (Phi) is 5.45. The molecule has 3 aromatic rings. The van der Waals surface area contributed by atoms with Gasteiger partial charge < -0.3 is 19.5 Å². The SMILES string of the molecule is Cc1nc(-c2ccc(C)c(NC(=O)c3cnn4c3CN(C(=O)OC(C)(C)C)CC4)c2)no1. The molecule has 0 aliphatic carbocycles. The van der Waals surface area contributed by atoms with Gasteiger partial charge in [-0.15, -0.1) is 0 Å². The molecule has 10 heteroatoms. The first-order chi connectivity index (χ1) is 15.1. The zero-order valence-electron chi connectivity index (χ0n) is 18.8. The second-order valence-electron chi connectivity index (χ2n) is 8.75. The van der Waals surface area contributed by atoms with E-state index in [0.717, 1.165) is 11.1 Å². The molecule has 0 fully saturated rings. The summed E-state index contributed by atoms with van der Waals surface area (Å²) in [6.45, 7) is 10.3. The number of hydrogen-bond donors (Lipinski definition) is 1. The molecule has 2 aromatic heterocycles. The highest BCUT2D eigenvalue weighted by Gasteiger charge is 2.29. The highest BCUT2D eigenvalue weighted by atomic mass is 16.6. The van der Waals surface area contributed by atoms with Crippen molar-refractivity contribution in [2.45, 2.75) is 53.3 Å². The monoisotopic (exact) mass is 438 g/mol. The number of anilines is 1. The van der Waals surface area contributed by atoms with E-state index in [1.807, 2.05) is 39.8 Å². The lowest BCUT2D eigenvalue weighted by molar-refractivity contribution is 0.0193. The number of nitrogens with zero attached hydrogens (tertiary/aromatic N) is 5. The average molecular weight is 438 g/mol. The van der Waals surface area contributed by atoms with Gasteiger partial charge in [0.2, 0.25) is 11.7 Å². The number of hydrogen-bond acceptors (Lipinski definition) is 7. The number of fused-ring (bicyclic) bond motifs is 1. The van der Waals surface area contributed by atoms with E-state index in [1.54, 1.807) is 22.6 Å². The van der Waals surface area contributed by atoms with E-state index < -0.39 is 11.7 Å². The third-order valence-corrected chi connectivity index (χ3v) is 5.04. The number of aromatic nitrogens is 4. The molecule has 3 heterocycles. The minimum atomic E-state index is -0.589. The van der Waals surface area contributed by atoms with Crippen molar-refractivity contribution < 1.29 is 18.8 Å². The Hall–Kier alpha value is -3.69. The Balaban J connectivity index is 1.54. The minimum absolute atomic E-state index is 0.249. The molecular formula is C22H26N6O4. The summed E-state index contributed by atoms with van der Waals surface area (Å²) in [6.07, 6.45) is 1.13. The highest BCUT2D eigenvalue weighted by Crippen LogP contribution is 2.25. The van der Waals surface area contributed by atoms with Gasteiger partial charge >= 0.3 is 6.09 Å². The Morgan fingerprint density at radius 1 is 1.19 bits per heavy atom. The maximum absolute atomic E-state index is 13.1. The van der Waals surface area contributed by atoms with Crippen molar-refractivity contribution in [1.82, 2.24) is 24.8 Å². The molecule has 4 rings (SSSR count). The van der Waals surface area contributed by atoms with Gasteiger partial charge in [-0.25, -0.2) is 4.79 Å². The van der Waals surface area contributed by atoms with E-state index in [-0.39, 0.29) is 12.5 Å². The lowest BCUT2D eigenvalue weighted by atomic mass is 10.1. The van der Waals surface area contributed by atoms with Crippen LogP contribution in [0.2, 0.25) is 0 Å². The molecule has 0 saturated carbocycles. The standard InChI is InChI=1S/C22H26N6O4/c1-13-6-7-15(19-24-14(2)32-26-19)10-17(13)25-20(29)16-11-23-28-9-8-27(12-18(16)28)21(30)31-22(3,4)5/h6-7,10-11H,8-9,12H2,1-5H3,(H,25,29). The smallest absolute Gasteiger partial charge is 0.410 e. The van der Waals surface area contributed by atoms with Gasteiger partial charge in [0.1, 0.15) is 5.60 Å². The van der Waals surface area contributed by atoms with Crippen LogP contribution in [0.1, 0.15) is 48.3 Å². The van der Waals surface area contributed by atoms with Crippen LogP contribution in [0.3, 0.4) is 0 Å². The van der Waals surface area contributed by atoms with E-state index in [4.69, 9.17) is 9.26 Å². The molecule has 168 valence electrons. The molecule has 0 unspecified atom stereocenters. The van der Waals surface area contributed by atoms with Crippen molar-refractivity contribution in [2.75, 3.05) is 11.9 Å². The quantitative estimate of drug-likeness (QED) is 0.665. The maximum atomic E-state index is 13.1. The average Bonchev–Trinajstić information content (AvgIpc) is 3.34. The predicted molar refractivity (Wildman–Crippen MR) is 116 cm³/mol. The lowest BCUT2D eigenvalue weighted by Crippen LogP contribution is -2.42. The number of aryl methyl sites for hydroxylation is 2. The van der Waals surface area contributed by atoms with Gasteiger partial charge in [0, 0.05) is 24.7 Å². The number of amides is 2. The Morgan fingerprint density at radius 2 is 1.97 bits per heavy atom. The fourth-order valence-corrected chi connectivity index (χ4v) is 3.42. The van der Waals surface area contributed by atoms with Crippen LogP contribution < -0.4 is 5.32 Å². The zero-order chi connectivity index (χ0) is 23.0. The summed E-state index contributed by atoms with van der Waals surface area (Å²) in [5, 5.41) is 11.2. The first-order valence-corrected chi connectivity index (χ1v) is 10.4. The molecule has 1 N–H and O–H groups in total. The van der Waals surface area contributed by atoms with Crippen LogP contribution in [0.4, 0.5) is 10.5 Å². The van der Waals surface area contributed by atoms with Crippen molar-refractivity contribution in [3.8, 4) is 11.4 Å². The van der Waals surface area contributed by atoms with E-state index >= 15 is 0 Å². The van der Waals surface area contributed by atoms with Crippen LogP contribution in [-0.4, -0.2) is 49.0 Å². The third kappa shape index (κ3) is 4.48. The predicted octanol–water partition coefficient (Wildman–Crippen LogP) is 3.55. The molecule has 0 spiro atoms. The molecular weight excluding hydrogens is 412 g/mol. The number of benzene rings is 1. The molecule has 1 aliphatic rings. The van der Waals surface area contributed by atoms with E-state index in [2.05, 4.69) is 20.6 Å². The summed E-state index contributed by atoms with van der Waals surface area (Å²) in [7, 11) is 0. The molecule has 0 atom stereocenters. The summed E-state index contributed by atoms with van der Waals surface area (Å²) in [5.74, 6) is 0.614. The van der Waals surface area contributed by atoms with Crippen LogP contribution in [0.5, 0.6) is 0 Å². The third-order valence-electron chi connectivity index (χ3n) is 5.04. The van der Waals surface area contributed by atoms with Crippen LogP contribution in [0.25, 0.3) is 11.4 Å². The number of carbonyl (C=O) groups is 2.